The quantitative estimate of drug-likeness (QED) is 0.876. The van der Waals surface area contributed by atoms with Crippen LogP contribution >= 0.6 is 0 Å². The van der Waals surface area contributed by atoms with Crippen molar-refractivity contribution in [3.8, 4) is 0 Å². The minimum absolute atomic E-state index is 0.267. The van der Waals surface area contributed by atoms with E-state index in [1.54, 1.807) is 30.1 Å². The highest BCUT2D eigenvalue weighted by Gasteiger charge is 2.44. The largest absolute Gasteiger partial charge is 0.394 e. The van der Waals surface area contributed by atoms with Crippen molar-refractivity contribution in [1.29, 1.82) is 0 Å². The lowest BCUT2D eigenvalue weighted by molar-refractivity contribution is -0.129. The molecular formula is C14H19FN2O2. The Bertz CT molecular complexity index is 490. The van der Waals surface area contributed by atoms with E-state index in [0.29, 0.717) is 6.54 Å². The minimum Gasteiger partial charge on any atom is -0.394 e. The third-order valence-corrected chi connectivity index (χ3v) is 3.55. The second-order valence-corrected chi connectivity index (χ2v) is 5.55. The summed E-state index contributed by atoms with van der Waals surface area (Å²) in [5.41, 5.74) is -0.260. The molecule has 1 atom stereocenters. The normalized spacial score (nSPS) is 23.7. The maximum atomic E-state index is 13.9. The molecule has 5 heteroatoms. The Morgan fingerprint density at radius 3 is 2.63 bits per heavy atom. The Morgan fingerprint density at radius 2 is 2.05 bits per heavy atom. The number of aliphatic hydroxyl groups excluding tert-OH is 1. The molecular weight excluding hydrogens is 247 g/mol. The number of piperazine rings is 1. The summed E-state index contributed by atoms with van der Waals surface area (Å²) in [7, 11) is 1.79. The van der Waals surface area contributed by atoms with Crippen LogP contribution in [0.3, 0.4) is 0 Å². The van der Waals surface area contributed by atoms with Gasteiger partial charge in [0, 0.05) is 6.54 Å². The number of nitrogens with zero attached hydrogens (tertiary/aromatic N) is 2. The number of carbonyl (C=O) groups excluding carboxylic acids is 1. The molecule has 0 aliphatic carbocycles. The molecule has 1 saturated heterocycles. The lowest BCUT2D eigenvalue weighted by Crippen LogP contribution is -2.66. The summed E-state index contributed by atoms with van der Waals surface area (Å²) >= 11 is 0. The van der Waals surface area contributed by atoms with Gasteiger partial charge in [0.1, 0.15) is 11.9 Å². The predicted molar refractivity (Wildman–Crippen MR) is 71.5 cm³/mol. The number of hydrogen-bond donors (Lipinski definition) is 1. The SMILES string of the molecule is CN1CC(C)(C)N(c2ccccc2F)C(=O)C1CO. The maximum Gasteiger partial charge on any atom is 0.247 e. The zero-order valence-electron chi connectivity index (χ0n) is 11.4. The van der Waals surface area contributed by atoms with Gasteiger partial charge >= 0.3 is 0 Å². The predicted octanol–water partition coefficient (Wildman–Crippen LogP) is 1.24. The number of benzene rings is 1. The number of carbonyl (C=O) groups is 1. The van der Waals surface area contributed by atoms with Crippen molar-refractivity contribution >= 4 is 11.6 Å². The lowest BCUT2D eigenvalue weighted by Gasteiger charge is -2.49. The Morgan fingerprint density at radius 1 is 1.42 bits per heavy atom. The van der Waals surface area contributed by atoms with Gasteiger partial charge in [-0.1, -0.05) is 12.1 Å². The van der Waals surface area contributed by atoms with Crippen LogP contribution in [0, 0.1) is 5.82 Å². The van der Waals surface area contributed by atoms with E-state index in [2.05, 4.69) is 0 Å². The van der Waals surface area contributed by atoms with Gasteiger partial charge in [-0.3, -0.25) is 9.69 Å². The van der Waals surface area contributed by atoms with Crippen molar-refractivity contribution in [3.05, 3.63) is 30.1 Å². The highest BCUT2D eigenvalue weighted by Crippen LogP contribution is 2.32. The lowest BCUT2D eigenvalue weighted by atomic mass is 9.94. The molecule has 1 fully saturated rings. The molecule has 1 amide bonds. The van der Waals surface area contributed by atoms with Crippen molar-refractivity contribution < 1.29 is 14.3 Å². The van der Waals surface area contributed by atoms with Gasteiger partial charge in [0.25, 0.3) is 0 Å². The van der Waals surface area contributed by atoms with Gasteiger partial charge in [0.05, 0.1) is 17.8 Å². The fourth-order valence-corrected chi connectivity index (χ4v) is 2.72. The number of para-hydroxylation sites is 1. The molecule has 104 valence electrons. The summed E-state index contributed by atoms with van der Waals surface area (Å²) in [6.45, 7) is 4.08. The van der Waals surface area contributed by atoms with Crippen LogP contribution in [0.2, 0.25) is 0 Å². The van der Waals surface area contributed by atoms with Crippen molar-refractivity contribution in [2.24, 2.45) is 0 Å². The molecule has 1 aliphatic heterocycles. The van der Waals surface area contributed by atoms with Crippen molar-refractivity contribution in [2.45, 2.75) is 25.4 Å². The highest BCUT2D eigenvalue weighted by molar-refractivity contribution is 5.99. The van der Waals surface area contributed by atoms with E-state index in [9.17, 15) is 14.3 Å². The summed E-state index contributed by atoms with van der Waals surface area (Å²) in [6.07, 6.45) is 0. The smallest absolute Gasteiger partial charge is 0.247 e. The molecule has 1 unspecified atom stereocenters. The molecule has 0 bridgehead atoms. The van der Waals surface area contributed by atoms with E-state index in [1.165, 1.54) is 11.0 Å². The van der Waals surface area contributed by atoms with E-state index in [4.69, 9.17) is 0 Å². The van der Waals surface area contributed by atoms with E-state index in [1.807, 2.05) is 13.8 Å². The van der Waals surface area contributed by atoms with Crippen LogP contribution in [-0.2, 0) is 4.79 Å². The monoisotopic (exact) mass is 266 g/mol. The first-order valence-corrected chi connectivity index (χ1v) is 6.28. The number of halogens is 1. The number of hydrogen-bond acceptors (Lipinski definition) is 3. The number of amides is 1. The zero-order chi connectivity index (χ0) is 14.2. The van der Waals surface area contributed by atoms with Gasteiger partial charge in [-0.2, -0.15) is 0 Å². The van der Waals surface area contributed by atoms with Gasteiger partial charge < -0.3 is 10.0 Å². The Hall–Kier alpha value is -1.46. The van der Waals surface area contributed by atoms with E-state index in [-0.39, 0.29) is 18.2 Å². The van der Waals surface area contributed by atoms with Gasteiger partial charge in [-0.15, -0.1) is 0 Å². The molecule has 4 nitrogen and oxygen atoms in total. The van der Waals surface area contributed by atoms with Crippen molar-refractivity contribution in [3.63, 3.8) is 0 Å². The molecule has 0 aromatic heterocycles. The third-order valence-electron chi connectivity index (χ3n) is 3.55. The summed E-state index contributed by atoms with van der Waals surface area (Å²) in [5, 5.41) is 9.35. The van der Waals surface area contributed by atoms with Crippen LogP contribution in [0.25, 0.3) is 0 Å². The van der Waals surface area contributed by atoms with Gasteiger partial charge in [0.15, 0.2) is 0 Å². The summed E-state index contributed by atoms with van der Waals surface area (Å²) in [6, 6.07) is 5.61. The molecule has 2 rings (SSSR count). The molecule has 19 heavy (non-hydrogen) atoms. The van der Waals surface area contributed by atoms with E-state index >= 15 is 0 Å². The second kappa shape index (κ2) is 4.90. The van der Waals surface area contributed by atoms with Gasteiger partial charge in [-0.05, 0) is 33.0 Å². The molecule has 1 aromatic carbocycles. The molecule has 1 aliphatic rings. The fourth-order valence-electron chi connectivity index (χ4n) is 2.72. The van der Waals surface area contributed by atoms with Crippen molar-refractivity contribution in [1.82, 2.24) is 4.90 Å². The fraction of sp³-hybridized carbons (Fsp3) is 0.500. The van der Waals surface area contributed by atoms with Gasteiger partial charge in [0.2, 0.25) is 5.91 Å². The summed E-state index contributed by atoms with van der Waals surface area (Å²) < 4.78 is 13.9. The minimum atomic E-state index is -0.618. The van der Waals surface area contributed by atoms with Crippen LogP contribution < -0.4 is 4.90 Å². The molecule has 1 aromatic rings. The van der Waals surface area contributed by atoms with Crippen LogP contribution in [-0.4, -0.2) is 47.7 Å². The Kier molecular flexibility index (Phi) is 3.60. The third kappa shape index (κ3) is 2.35. The Labute approximate surface area is 112 Å². The van der Waals surface area contributed by atoms with Crippen LogP contribution in [0.1, 0.15) is 13.8 Å². The summed E-state index contributed by atoms with van der Waals surface area (Å²) in [4.78, 5) is 15.8. The maximum absolute atomic E-state index is 13.9. The van der Waals surface area contributed by atoms with Crippen LogP contribution in [0.15, 0.2) is 24.3 Å². The molecule has 1 N–H and O–H groups in total. The summed E-state index contributed by atoms with van der Waals surface area (Å²) in [5.74, 6) is -0.698. The first kappa shape index (κ1) is 14.0. The first-order valence-electron chi connectivity index (χ1n) is 6.28. The number of likely N-dealkylation sites (N-methyl/N-ethyl adjacent to an activating group) is 1. The number of aliphatic hydroxyl groups is 1. The second-order valence-electron chi connectivity index (χ2n) is 5.55. The molecule has 0 spiro atoms. The first-order chi connectivity index (χ1) is 8.88. The standard InChI is InChI=1S/C14H19FN2O2/c1-14(2)9-16(3)12(8-18)13(19)17(14)11-7-5-4-6-10(11)15/h4-7,12,18H,8-9H2,1-3H3. The van der Waals surface area contributed by atoms with Crippen LogP contribution in [0.4, 0.5) is 10.1 Å². The van der Waals surface area contributed by atoms with E-state index < -0.39 is 17.4 Å². The highest BCUT2D eigenvalue weighted by atomic mass is 19.1. The van der Waals surface area contributed by atoms with E-state index in [0.717, 1.165) is 0 Å². The molecule has 1 heterocycles. The number of rotatable bonds is 2. The molecule has 0 radical (unpaired) electrons. The average molecular weight is 266 g/mol. The Balaban J connectivity index is 2.47. The zero-order valence-corrected chi connectivity index (χ0v) is 11.4. The van der Waals surface area contributed by atoms with Gasteiger partial charge in [-0.25, -0.2) is 4.39 Å². The van der Waals surface area contributed by atoms with Crippen LogP contribution in [0.5, 0.6) is 0 Å². The average Bonchev–Trinajstić information content (AvgIpc) is 2.30. The molecule has 0 saturated carbocycles. The van der Waals surface area contributed by atoms with Crippen molar-refractivity contribution in [2.75, 3.05) is 25.1 Å². The topological polar surface area (TPSA) is 43.8 Å². The number of anilines is 1.